The van der Waals surface area contributed by atoms with E-state index in [4.69, 9.17) is 0 Å². The van der Waals surface area contributed by atoms with E-state index >= 15 is 0 Å². The number of anilines is 1. The highest BCUT2D eigenvalue weighted by atomic mass is 15.0. The summed E-state index contributed by atoms with van der Waals surface area (Å²) in [7, 11) is 0. The van der Waals surface area contributed by atoms with Crippen molar-refractivity contribution in [2.45, 2.75) is 53.1 Å². The van der Waals surface area contributed by atoms with Crippen molar-refractivity contribution in [1.82, 2.24) is 10.3 Å². The minimum Gasteiger partial charge on any atom is -0.368 e. The van der Waals surface area contributed by atoms with Gasteiger partial charge in [-0.15, -0.1) is 0 Å². The van der Waals surface area contributed by atoms with Crippen molar-refractivity contribution in [1.29, 1.82) is 0 Å². The summed E-state index contributed by atoms with van der Waals surface area (Å²) in [5, 5.41) is 6.74. The van der Waals surface area contributed by atoms with Gasteiger partial charge in [0.15, 0.2) is 0 Å². The van der Waals surface area contributed by atoms with Crippen LogP contribution in [0.2, 0.25) is 0 Å². The molecule has 0 unspecified atom stereocenters. The molecule has 3 nitrogen and oxygen atoms in total. The number of aryl methyl sites for hydroxylation is 1. The maximum absolute atomic E-state index is 4.63. The van der Waals surface area contributed by atoms with Gasteiger partial charge in [-0.05, 0) is 44.5 Å². The van der Waals surface area contributed by atoms with Crippen LogP contribution in [-0.2, 0) is 13.0 Å². The first kappa shape index (κ1) is 14.0. The predicted molar refractivity (Wildman–Crippen MR) is 74.4 cm³/mol. The molecule has 0 aliphatic rings. The van der Waals surface area contributed by atoms with Crippen molar-refractivity contribution in [3.8, 4) is 0 Å². The molecule has 2 N–H and O–H groups in total. The van der Waals surface area contributed by atoms with Gasteiger partial charge in [-0.3, -0.25) is 0 Å². The third kappa shape index (κ3) is 5.18. The number of hydrogen-bond acceptors (Lipinski definition) is 3. The summed E-state index contributed by atoms with van der Waals surface area (Å²) >= 11 is 0. The predicted octanol–water partition coefficient (Wildman–Crippen LogP) is 2.96. The van der Waals surface area contributed by atoms with E-state index in [1.165, 1.54) is 11.3 Å². The molecule has 1 rings (SSSR count). The fraction of sp³-hybridized carbons (Fsp3) is 0.643. The van der Waals surface area contributed by atoms with Crippen LogP contribution in [-0.4, -0.2) is 17.6 Å². The number of aromatic nitrogens is 1. The molecule has 0 spiro atoms. The van der Waals surface area contributed by atoms with E-state index in [0.717, 1.165) is 31.7 Å². The largest absolute Gasteiger partial charge is 0.368 e. The highest BCUT2D eigenvalue weighted by Gasteiger charge is 2.03. The smallest absolute Gasteiger partial charge is 0.126 e. The lowest BCUT2D eigenvalue weighted by Crippen LogP contribution is -2.15. The Morgan fingerprint density at radius 2 is 2.00 bits per heavy atom. The molecule has 0 amide bonds. The number of pyridine rings is 1. The van der Waals surface area contributed by atoms with Crippen molar-refractivity contribution in [2.24, 2.45) is 0 Å². The second-order valence-corrected chi connectivity index (χ2v) is 4.68. The zero-order chi connectivity index (χ0) is 12.7. The summed E-state index contributed by atoms with van der Waals surface area (Å²) < 4.78 is 0. The number of nitrogens with zero attached hydrogens (tertiary/aromatic N) is 1. The fourth-order valence-corrected chi connectivity index (χ4v) is 1.78. The molecule has 0 saturated carbocycles. The minimum absolute atomic E-state index is 0.423. The molecule has 0 atom stereocenters. The van der Waals surface area contributed by atoms with Crippen molar-refractivity contribution in [3.63, 3.8) is 0 Å². The molecule has 0 aliphatic carbocycles. The Kier molecular flexibility index (Phi) is 5.98. The Hall–Kier alpha value is -1.09. The maximum atomic E-state index is 4.63. The third-order valence-corrected chi connectivity index (χ3v) is 2.46. The molecular weight excluding hydrogens is 210 g/mol. The van der Waals surface area contributed by atoms with Crippen LogP contribution in [0, 0.1) is 0 Å². The van der Waals surface area contributed by atoms with Gasteiger partial charge in [0.05, 0.1) is 0 Å². The molecule has 96 valence electrons. The molecule has 3 heteroatoms. The fourth-order valence-electron chi connectivity index (χ4n) is 1.78. The standard InChI is InChI=1S/C14H25N3/c1-5-7-13-8-12(10-15-6-2)9-14(17-13)16-11(3)4/h8-9,11,15H,5-7,10H2,1-4H3,(H,16,17). The van der Waals surface area contributed by atoms with E-state index in [2.05, 4.69) is 55.4 Å². The first-order chi connectivity index (χ1) is 8.15. The van der Waals surface area contributed by atoms with Crippen LogP contribution in [0.3, 0.4) is 0 Å². The Balaban J connectivity index is 2.84. The normalized spacial score (nSPS) is 10.9. The van der Waals surface area contributed by atoms with Gasteiger partial charge < -0.3 is 10.6 Å². The van der Waals surface area contributed by atoms with E-state index in [1.807, 2.05) is 0 Å². The number of rotatable bonds is 7. The third-order valence-electron chi connectivity index (χ3n) is 2.46. The molecule has 0 fully saturated rings. The summed E-state index contributed by atoms with van der Waals surface area (Å²) in [6.45, 7) is 10.5. The van der Waals surface area contributed by atoms with E-state index in [-0.39, 0.29) is 0 Å². The van der Waals surface area contributed by atoms with Gasteiger partial charge >= 0.3 is 0 Å². The zero-order valence-corrected chi connectivity index (χ0v) is 11.5. The molecule has 17 heavy (non-hydrogen) atoms. The topological polar surface area (TPSA) is 37.0 Å². The minimum atomic E-state index is 0.423. The molecule has 0 aromatic carbocycles. The van der Waals surface area contributed by atoms with Gasteiger partial charge in [0.1, 0.15) is 5.82 Å². The van der Waals surface area contributed by atoms with Crippen molar-refractivity contribution in [3.05, 3.63) is 23.4 Å². The van der Waals surface area contributed by atoms with Crippen LogP contribution >= 0.6 is 0 Å². The second-order valence-electron chi connectivity index (χ2n) is 4.68. The summed E-state index contributed by atoms with van der Waals surface area (Å²) in [4.78, 5) is 4.63. The first-order valence-corrected chi connectivity index (χ1v) is 6.62. The van der Waals surface area contributed by atoms with Crippen molar-refractivity contribution >= 4 is 5.82 Å². The molecule has 1 heterocycles. The highest BCUT2D eigenvalue weighted by molar-refractivity contribution is 5.40. The Bertz CT molecular complexity index is 334. The van der Waals surface area contributed by atoms with Crippen LogP contribution < -0.4 is 10.6 Å². The van der Waals surface area contributed by atoms with Crippen LogP contribution in [0.25, 0.3) is 0 Å². The van der Waals surface area contributed by atoms with Crippen LogP contribution in [0.1, 0.15) is 45.4 Å². The average molecular weight is 235 g/mol. The summed E-state index contributed by atoms with van der Waals surface area (Å²) in [5.41, 5.74) is 2.50. The Morgan fingerprint density at radius 3 is 2.59 bits per heavy atom. The summed E-state index contributed by atoms with van der Waals surface area (Å²) in [6, 6.07) is 4.77. The van der Waals surface area contributed by atoms with Gasteiger partial charge in [-0.25, -0.2) is 4.98 Å². The van der Waals surface area contributed by atoms with E-state index < -0.39 is 0 Å². The van der Waals surface area contributed by atoms with Gasteiger partial charge in [-0.2, -0.15) is 0 Å². The molecular formula is C14H25N3. The summed E-state index contributed by atoms with van der Waals surface area (Å²) in [6.07, 6.45) is 2.19. The SMILES string of the molecule is CCCc1cc(CNCC)cc(NC(C)C)n1. The monoisotopic (exact) mass is 235 g/mol. The van der Waals surface area contributed by atoms with E-state index in [0.29, 0.717) is 6.04 Å². The zero-order valence-electron chi connectivity index (χ0n) is 11.5. The summed E-state index contributed by atoms with van der Waals surface area (Å²) in [5.74, 6) is 0.999. The lowest BCUT2D eigenvalue weighted by atomic mass is 10.1. The van der Waals surface area contributed by atoms with Crippen LogP contribution in [0.15, 0.2) is 12.1 Å². The van der Waals surface area contributed by atoms with Gasteiger partial charge in [0.2, 0.25) is 0 Å². The maximum Gasteiger partial charge on any atom is 0.126 e. The first-order valence-electron chi connectivity index (χ1n) is 6.62. The molecule has 1 aromatic rings. The highest BCUT2D eigenvalue weighted by Crippen LogP contribution is 2.13. The average Bonchev–Trinajstić information content (AvgIpc) is 2.25. The van der Waals surface area contributed by atoms with Crippen molar-refractivity contribution < 1.29 is 0 Å². The van der Waals surface area contributed by atoms with Gasteiger partial charge in [-0.1, -0.05) is 20.3 Å². The lowest BCUT2D eigenvalue weighted by Gasteiger charge is -2.13. The lowest BCUT2D eigenvalue weighted by molar-refractivity contribution is 0.723. The molecule has 1 aromatic heterocycles. The second kappa shape index (κ2) is 7.28. The van der Waals surface area contributed by atoms with Gasteiger partial charge in [0.25, 0.3) is 0 Å². The molecule has 0 aliphatic heterocycles. The van der Waals surface area contributed by atoms with Gasteiger partial charge in [0, 0.05) is 18.3 Å². The van der Waals surface area contributed by atoms with Crippen LogP contribution in [0.5, 0.6) is 0 Å². The molecule has 0 radical (unpaired) electrons. The van der Waals surface area contributed by atoms with E-state index in [9.17, 15) is 0 Å². The van der Waals surface area contributed by atoms with E-state index in [1.54, 1.807) is 0 Å². The quantitative estimate of drug-likeness (QED) is 0.763. The number of hydrogen-bond donors (Lipinski definition) is 2. The Labute approximate surface area is 105 Å². The van der Waals surface area contributed by atoms with Crippen LogP contribution in [0.4, 0.5) is 5.82 Å². The van der Waals surface area contributed by atoms with Crippen molar-refractivity contribution in [2.75, 3.05) is 11.9 Å². The Morgan fingerprint density at radius 1 is 1.24 bits per heavy atom. The molecule has 0 bridgehead atoms. The molecule has 0 saturated heterocycles. The number of nitrogens with one attached hydrogen (secondary N) is 2.